The zero-order valence-electron chi connectivity index (χ0n) is 7.41. The van der Waals surface area contributed by atoms with Crippen molar-refractivity contribution < 1.29 is 5.11 Å². The summed E-state index contributed by atoms with van der Waals surface area (Å²) in [6, 6.07) is 0. The molecule has 0 saturated heterocycles. The van der Waals surface area contributed by atoms with Crippen LogP contribution < -0.4 is 5.32 Å². The Hall–Kier alpha value is -1.38. The number of aliphatic hydroxyl groups excluding tert-OH is 1. The van der Waals surface area contributed by atoms with Gasteiger partial charge in [0.1, 0.15) is 5.76 Å². The summed E-state index contributed by atoms with van der Waals surface area (Å²) < 4.78 is 0. The molecule has 0 bridgehead atoms. The van der Waals surface area contributed by atoms with Crippen molar-refractivity contribution in [2.45, 2.75) is 13.1 Å². The summed E-state index contributed by atoms with van der Waals surface area (Å²) in [4.78, 5) is 2.06. The van der Waals surface area contributed by atoms with E-state index in [4.69, 9.17) is 5.11 Å². The average molecular weight is 166 g/mol. The topological polar surface area (TPSA) is 35.5 Å². The van der Waals surface area contributed by atoms with Crippen LogP contribution in [-0.2, 0) is 0 Å². The van der Waals surface area contributed by atoms with E-state index in [0.29, 0.717) is 6.17 Å². The van der Waals surface area contributed by atoms with Gasteiger partial charge in [-0.25, -0.2) is 0 Å². The first kappa shape index (κ1) is 8.71. The van der Waals surface area contributed by atoms with Gasteiger partial charge in [-0.05, 0) is 19.1 Å². The molecule has 1 unspecified atom stereocenters. The molecule has 3 nitrogen and oxygen atoms in total. The Balaban J connectivity index is 2.56. The fourth-order valence-electron chi connectivity index (χ4n) is 0.989. The average Bonchev–Trinajstić information content (AvgIpc) is 2.28. The van der Waals surface area contributed by atoms with Gasteiger partial charge in [0.2, 0.25) is 0 Å². The first-order chi connectivity index (χ1) is 5.59. The highest BCUT2D eigenvalue weighted by Crippen LogP contribution is 2.08. The summed E-state index contributed by atoms with van der Waals surface area (Å²) in [5.41, 5.74) is 0.986. The molecule has 0 radical (unpaired) electrons. The number of hydrogen-bond donors (Lipinski definition) is 2. The molecule has 1 heterocycles. The fourth-order valence-corrected chi connectivity index (χ4v) is 0.989. The van der Waals surface area contributed by atoms with Crippen LogP contribution >= 0.6 is 0 Å². The van der Waals surface area contributed by atoms with Gasteiger partial charge in [-0.15, -0.1) is 0 Å². The minimum Gasteiger partial charge on any atom is -0.509 e. The molecule has 0 aromatic carbocycles. The van der Waals surface area contributed by atoms with E-state index in [1.165, 1.54) is 0 Å². The van der Waals surface area contributed by atoms with E-state index in [9.17, 15) is 0 Å². The summed E-state index contributed by atoms with van der Waals surface area (Å²) in [6.45, 7) is 5.41. The van der Waals surface area contributed by atoms with E-state index in [0.717, 1.165) is 5.70 Å². The second-order valence-corrected chi connectivity index (χ2v) is 2.89. The Morgan fingerprint density at radius 1 is 1.83 bits per heavy atom. The lowest BCUT2D eigenvalue weighted by Crippen LogP contribution is -2.29. The molecular formula is C9H14N2O. The maximum absolute atomic E-state index is 8.79. The van der Waals surface area contributed by atoms with Crippen LogP contribution in [0.15, 0.2) is 36.4 Å². The van der Waals surface area contributed by atoms with Gasteiger partial charge in [-0.2, -0.15) is 0 Å². The van der Waals surface area contributed by atoms with E-state index < -0.39 is 0 Å². The zero-order chi connectivity index (χ0) is 9.14. The molecule has 0 amide bonds. The summed E-state index contributed by atoms with van der Waals surface area (Å²) in [5.74, 6) is 0.0694. The minimum absolute atomic E-state index is 0.0694. The maximum atomic E-state index is 8.79. The summed E-state index contributed by atoms with van der Waals surface area (Å²) in [7, 11) is 1.99. The van der Waals surface area contributed by atoms with E-state index in [2.05, 4.69) is 23.7 Å². The van der Waals surface area contributed by atoms with E-state index in [1.54, 1.807) is 12.2 Å². The van der Waals surface area contributed by atoms with Gasteiger partial charge in [0.05, 0.1) is 11.9 Å². The molecule has 12 heavy (non-hydrogen) atoms. The van der Waals surface area contributed by atoms with Crippen LogP contribution in [0, 0.1) is 0 Å². The van der Waals surface area contributed by atoms with Crippen molar-refractivity contribution in [1.29, 1.82) is 0 Å². The van der Waals surface area contributed by atoms with Crippen molar-refractivity contribution in [2.75, 3.05) is 7.05 Å². The summed E-state index contributed by atoms with van der Waals surface area (Å²) in [6.07, 6.45) is 5.65. The Kier molecular flexibility index (Phi) is 2.43. The minimum atomic E-state index is 0.0694. The van der Waals surface area contributed by atoms with Crippen molar-refractivity contribution in [3.63, 3.8) is 0 Å². The summed E-state index contributed by atoms with van der Waals surface area (Å²) in [5, 5.41) is 12.0. The van der Waals surface area contributed by atoms with Gasteiger partial charge in [0, 0.05) is 13.2 Å². The normalized spacial score (nSPS) is 22.7. The van der Waals surface area contributed by atoms with Gasteiger partial charge in [-0.1, -0.05) is 6.58 Å². The number of aliphatic hydroxyl groups is 1. The second-order valence-electron chi connectivity index (χ2n) is 2.89. The molecule has 0 saturated carbocycles. The predicted octanol–water partition coefficient (Wildman–Crippen LogP) is 1.34. The number of rotatable bonds is 2. The molecule has 1 rings (SSSR count). The summed E-state index contributed by atoms with van der Waals surface area (Å²) >= 11 is 0. The van der Waals surface area contributed by atoms with Crippen LogP contribution in [0.5, 0.6) is 0 Å². The van der Waals surface area contributed by atoms with Gasteiger partial charge in [-0.3, -0.25) is 0 Å². The van der Waals surface area contributed by atoms with Crippen molar-refractivity contribution in [2.24, 2.45) is 0 Å². The molecule has 0 aliphatic carbocycles. The molecular weight excluding hydrogens is 152 g/mol. The van der Waals surface area contributed by atoms with Gasteiger partial charge in [0.25, 0.3) is 0 Å². The zero-order valence-corrected chi connectivity index (χ0v) is 7.41. The number of nitrogens with zero attached hydrogens (tertiary/aromatic N) is 1. The molecule has 0 aromatic rings. The Labute approximate surface area is 72.7 Å². The van der Waals surface area contributed by atoms with Gasteiger partial charge >= 0.3 is 0 Å². The molecule has 0 aromatic heterocycles. The highest BCUT2D eigenvalue weighted by molar-refractivity contribution is 5.24. The molecule has 66 valence electrons. The van der Waals surface area contributed by atoms with Crippen LogP contribution in [-0.4, -0.2) is 23.2 Å². The van der Waals surface area contributed by atoms with E-state index in [-0.39, 0.29) is 5.76 Å². The molecule has 1 aliphatic heterocycles. The monoisotopic (exact) mass is 166 g/mol. The molecule has 2 N–H and O–H groups in total. The van der Waals surface area contributed by atoms with E-state index >= 15 is 0 Å². The third-order valence-electron chi connectivity index (χ3n) is 1.78. The number of allylic oxidation sites excluding steroid dienone is 2. The van der Waals surface area contributed by atoms with Gasteiger partial charge < -0.3 is 15.3 Å². The molecule has 1 atom stereocenters. The SMILES string of the molecule is C=C(O)/C=C/C1=CN(C)C(C)N1. The van der Waals surface area contributed by atoms with Crippen LogP contribution in [0.4, 0.5) is 0 Å². The lowest BCUT2D eigenvalue weighted by molar-refractivity contribution is 0.355. The van der Waals surface area contributed by atoms with Crippen LogP contribution in [0.25, 0.3) is 0 Å². The molecule has 0 fully saturated rings. The van der Waals surface area contributed by atoms with Crippen molar-refractivity contribution in [3.05, 3.63) is 36.4 Å². The van der Waals surface area contributed by atoms with Crippen molar-refractivity contribution in [1.82, 2.24) is 10.2 Å². The first-order valence-electron chi connectivity index (χ1n) is 3.86. The van der Waals surface area contributed by atoms with Crippen LogP contribution in [0.3, 0.4) is 0 Å². The fraction of sp³-hybridized carbons (Fsp3) is 0.333. The third-order valence-corrected chi connectivity index (χ3v) is 1.78. The van der Waals surface area contributed by atoms with Crippen molar-refractivity contribution in [3.8, 4) is 0 Å². The molecule has 3 heteroatoms. The van der Waals surface area contributed by atoms with Crippen molar-refractivity contribution >= 4 is 0 Å². The smallest absolute Gasteiger partial charge is 0.108 e. The number of nitrogens with one attached hydrogen (secondary N) is 1. The molecule has 0 spiro atoms. The highest BCUT2D eigenvalue weighted by atomic mass is 16.3. The standard InChI is InChI=1S/C9H14N2O/c1-7(12)4-5-9-6-11(3)8(2)10-9/h4-6,8,10,12H,1H2,2-3H3/b5-4+. The lowest BCUT2D eigenvalue weighted by Gasteiger charge is -2.14. The third kappa shape index (κ3) is 2.05. The quantitative estimate of drug-likeness (QED) is 0.480. The molecule has 1 aliphatic rings. The Bertz CT molecular complexity index is 243. The second kappa shape index (κ2) is 3.34. The first-order valence-corrected chi connectivity index (χ1v) is 3.86. The largest absolute Gasteiger partial charge is 0.509 e. The highest BCUT2D eigenvalue weighted by Gasteiger charge is 2.12. The number of hydrogen-bond acceptors (Lipinski definition) is 3. The Morgan fingerprint density at radius 2 is 2.50 bits per heavy atom. The van der Waals surface area contributed by atoms with Crippen LogP contribution in [0.1, 0.15) is 6.92 Å². The predicted molar refractivity (Wildman–Crippen MR) is 49.4 cm³/mol. The van der Waals surface area contributed by atoms with Crippen LogP contribution in [0.2, 0.25) is 0 Å². The van der Waals surface area contributed by atoms with Gasteiger partial charge in [0.15, 0.2) is 0 Å². The maximum Gasteiger partial charge on any atom is 0.108 e. The Morgan fingerprint density at radius 3 is 2.92 bits per heavy atom. The van der Waals surface area contributed by atoms with E-state index in [1.807, 2.05) is 13.2 Å². The lowest BCUT2D eigenvalue weighted by atomic mass is 10.4.